The molecule has 36 heavy (non-hydrogen) atoms. The van der Waals surface area contributed by atoms with E-state index in [1.807, 2.05) is 36.5 Å². The van der Waals surface area contributed by atoms with Crippen LogP contribution in [0.4, 0.5) is 0 Å². The third-order valence-electron chi connectivity index (χ3n) is 6.43. The molecule has 1 aliphatic heterocycles. The van der Waals surface area contributed by atoms with Gasteiger partial charge in [0.2, 0.25) is 17.6 Å². The lowest BCUT2D eigenvalue weighted by Gasteiger charge is -2.32. The van der Waals surface area contributed by atoms with Crippen molar-refractivity contribution in [1.29, 1.82) is 0 Å². The highest BCUT2D eigenvalue weighted by Gasteiger charge is 2.34. The molecule has 0 spiro atoms. The van der Waals surface area contributed by atoms with E-state index in [-0.39, 0.29) is 30.3 Å². The molecule has 0 saturated carbocycles. The molecule has 3 amide bonds. The lowest BCUT2D eigenvalue weighted by Crippen LogP contribution is -2.52. The minimum Gasteiger partial charge on any atom is -0.343 e. The number of fused-ring (bicyclic) bond motifs is 1. The number of likely N-dealkylation sites (N-methyl/N-ethyl adjacent to an activating group) is 1. The number of aromatic nitrogens is 3. The maximum absolute atomic E-state index is 13.6. The molecular weight excluding hydrogens is 458 g/mol. The van der Waals surface area contributed by atoms with Crippen LogP contribution in [-0.4, -0.2) is 87.2 Å². The first kappa shape index (κ1) is 25.3. The zero-order chi connectivity index (χ0) is 25.5. The van der Waals surface area contributed by atoms with Crippen LogP contribution in [0.3, 0.4) is 0 Å². The van der Waals surface area contributed by atoms with Crippen molar-refractivity contribution in [2.75, 3.05) is 33.2 Å². The summed E-state index contributed by atoms with van der Waals surface area (Å²) < 4.78 is 1.73. The summed E-state index contributed by atoms with van der Waals surface area (Å²) in [6.07, 6.45) is 7.48. The first-order chi connectivity index (χ1) is 17.5. The molecule has 2 N–H and O–H groups in total. The van der Waals surface area contributed by atoms with Gasteiger partial charge in [0.1, 0.15) is 11.7 Å². The lowest BCUT2D eigenvalue weighted by atomic mass is 10.1. The van der Waals surface area contributed by atoms with Gasteiger partial charge in [-0.3, -0.25) is 18.8 Å². The summed E-state index contributed by atoms with van der Waals surface area (Å²) >= 11 is 0. The fourth-order valence-electron chi connectivity index (χ4n) is 4.61. The molecule has 10 nitrogen and oxygen atoms in total. The van der Waals surface area contributed by atoms with Crippen LogP contribution in [0.15, 0.2) is 55.0 Å². The number of likely N-dealkylation sites (tertiary alicyclic amines) is 1. The van der Waals surface area contributed by atoms with Gasteiger partial charge in [0, 0.05) is 44.3 Å². The molecule has 4 rings (SSSR count). The average molecular weight is 492 g/mol. The Hall–Kier alpha value is -3.79. The molecule has 1 fully saturated rings. The van der Waals surface area contributed by atoms with Crippen LogP contribution in [0.25, 0.3) is 5.78 Å². The van der Waals surface area contributed by atoms with Crippen molar-refractivity contribution in [1.82, 2.24) is 34.8 Å². The van der Waals surface area contributed by atoms with E-state index in [1.54, 1.807) is 46.6 Å². The van der Waals surface area contributed by atoms with E-state index >= 15 is 0 Å². The molecule has 3 heterocycles. The van der Waals surface area contributed by atoms with E-state index in [9.17, 15) is 14.4 Å². The zero-order valence-electron chi connectivity index (χ0n) is 20.8. The molecule has 3 aromatic rings. The minimum atomic E-state index is -0.635. The van der Waals surface area contributed by atoms with Crippen LogP contribution in [0.1, 0.15) is 35.8 Å². The second-order valence-electron chi connectivity index (χ2n) is 9.09. The molecule has 2 unspecified atom stereocenters. The Bertz CT molecular complexity index is 1160. The van der Waals surface area contributed by atoms with E-state index in [1.165, 1.54) is 0 Å². The zero-order valence-corrected chi connectivity index (χ0v) is 20.8. The number of amides is 3. The van der Waals surface area contributed by atoms with Crippen molar-refractivity contribution in [2.24, 2.45) is 0 Å². The fraction of sp³-hybridized carbons (Fsp3) is 0.423. The van der Waals surface area contributed by atoms with Gasteiger partial charge in [0.25, 0.3) is 5.91 Å². The van der Waals surface area contributed by atoms with Gasteiger partial charge >= 0.3 is 0 Å². The maximum atomic E-state index is 13.6. The summed E-state index contributed by atoms with van der Waals surface area (Å²) in [5.74, 6) is -0.0812. The second kappa shape index (κ2) is 11.8. The monoisotopic (exact) mass is 491 g/mol. The lowest BCUT2D eigenvalue weighted by molar-refractivity contribution is -0.136. The van der Waals surface area contributed by atoms with Gasteiger partial charge in [-0.25, -0.2) is 9.97 Å². The first-order valence-corrected chi connectivity index (χ1v) is 12.3. The topological polar surface area (TPSA) is 112 Å². The van der Waals surface area contributed by atoms with Crippen LogP contribution < -0.4 is 10.6 Å². The number of carbonyl (C=O) groups excluding carboxylic acids is 3. The number of imidazole rings is 1. The van der Waals surface area contributed by atoms with Gasteiger partial charge in [0.15, 0.2) is 0 Å². The van der Waals surface area contributed by atoms with E-state index in [4.69, 9.17) is 0 Å². The highest BCUT2D eigenvalue weighted by molar-refractivity contribution is 5.93. The fourth-order valence-corrected chi connectivity index (χ4v) is 4.61. The summed E-state index contributed by atoms with van der Waals surface area (Å²) in [5.41, 5.74) is 1.46. The van der Waals surface area contributed by atoms with Crippen molar-refractivity contribution < 1.29 is 14.4 Å². The molecule has 0 radical (unpaired) electrons. The number of nitrogens with one attached hydrogen (secondary N) is 2. The standard InChI is InChI=1S/C26H33N7O3/c1-19(29-23(34)16-27-2)24(35)33-14-6-10-21(33)17-31(15-11-20-8-4-3-5-9-20)25(36)22-18-32-13-7-12-28-26(32)30-22/h3-5,7-9,12-13,18-19,21,27H,6,10-11,14-17H2,1-2H3,(H,29,34). The molecule has 0 bridgehead atoms. The molecule has 1 aliphatic rings. The molecule has 2 atom stereocenters. The molecular formula is C26H33N7O3. The molecule has 2 aromatic heterocycles. The number of benzene rings is 1. The predicted molar refractivity (Wildman–Crippen MR) is 135 cm³/mol. The largest absolute Gasteiger partial charge is 0.343 e. The van der Waals surface area contributed by atoms with Crippen LogP contribution >= 0.6 is 0 Å². The van der Waals surface area contributed by atoms with Gasteiger partial charge < -0.3 is 20.4 Å². The Morgan fingerprint density at radius 3 is 2.75 bits per heavy atom. The second-order valence-corrected chi connectivity index (χ2v) is 9.09. The van der Waals surface area contributed by atoms with E-state index in [0.29, 0.717) is 37.5 Å². The highest BCUT2D eigenvalue weighted by Crippen LogP contribution is 2.21. The Balaban J connectivity index is 1.50. The van der Waals surface area contributed by atoms with Crippen molar-refractivity contribution in [3.63, 3.8) is 0 Å². The number of carbonyl (C=O) groups is 3. The number of rotatable bonds is 10. The summed E-state index contributed by atoms with van der Waals surface area (Å²) in [4.78, 5) is 51.0. The Morgan fingerprint density at radius 1 is 1.19 bits per heavy atom. The van der Waals surface area contributed by atoms with Crippen LogP contribution in [0, 0.1) is 0 Å². The third-order valence-corrected chi connectivity index (χ3v) is 6.43. The molecule has 190 valence electrons. The van der Waals surface area contributed by atoms with E-state index in [2.05, 4.69) is 20.6 Å². The molecule has 0 aliphatic carbocycles. The van der Waals surface area contributed by atoms with Crippen molar-refractivity contribution in [2.45, 2.75) is 38.3 Å². The summed E-state index contributed by atoms with van der Waals surface area (Å²) in [5, 5.41) is 5.54. The minimum absolute atomic E-state index is 0.129. The number of hydrogen-bond donors (Lipinski definition) is 2. The van der Waals surface area contributed by atoms with Crippen molar-refractivity contribution >= 4 is 23.5 Å². The van der Waals surface area contributed by atoms with E-state index < -0.39 is 6.04 Å². The van der Waals surface area contributed by atoms with Crippen LogP contribution in [0.2, 0.25) is 0 Å². The van der Waals surface area contributed by atoms with Crippen LogP contribution in [0.5, 0.6) is 0 Å². The van der Waals surface area contributed by atoms with Gasteiger partial charge in [-0.15, -0.1) is 0 Å². The van der Waals surface area contributed by atoms with Gasteiger partial charge in [-0.1, -0.05) is 30.3 Å². The molecule has 1 aromatic carbocycles. The van der Waals surface area contributed by atoms with Crippen molar-refractivity contribution in [3.8, 4) is 0 Å². The van der Waals surface area contributed by atoms with Gasteiger partial charge in [-0.05, 0) is 44.9 Å². The summed E-state index contributed by atoms with van der Waals surface area (Å²) in [6, 6.07) is 11.0. The summed E-state index contributed by atoms with van der Waals surface area (Å²) in [6.45, 7) is 3.35. The Morgan fingerprint density at radius 2 is 2.00 bits per heavy atom. The van der Waals surface area contributed by atoms with Gasteiger partial charge in [-0.2, -0.15) is 0 Å². The quantitative estimate of drug-likeness (QED) is 0.440. The first-order valence-electron chi connectivity index (χ1n) is 12.3. The molecule has 1 saturated heterocycles. The van der Waals surface area contributed by atoms with E-state index in [0.717, 1.165) is 18.4 Å². The summed E-state index contributed by atoms with van der Waals surface area (Å²) in [7, 11) is 1.68. The number of nitrogens with zero attached hydrogens (tertiary/aromatic N) is 5. The predicted octanol–water partition coefficient (Wildman–Crippen LogP) is 1.13. The number of hydrogen-bond acceptors (Lipinski definition) is 6. The van der Waals surface area contributed by atoms with Crippen LogP contribution in [-0.2, 0) is 16.0 Å². The maximum Gasteiger partial charge on any atom is 0.274 e. The Labute approximate surface area is 210 Å². The highest BCUT2D eigenvalue weighted by atomic mass is 16.2. The van der Waals surface area contributed by atoms with Gasteiger partial charge in [0.05, 0.1) is 6.54 Å². The average Bonchev–Trinajstić information content (AvgIpc) is 3.53. The Kier molecular flexibility index (Phi) is 8.27. The third kappa shape index (κ3) is 6.06. The SMILES string of the molecule is CNCC(=O)NC(C)C(=O)N1CCCC1CN(CCc1ccccc1)C(=O)c1cn2cccnc2n1. The molecule has 10 heteroatoms. The normalized spacial score (nSPS) is 16.2. The van der Waals surface area contributed by atoms with Crippen molar-refractivity contribution in [3.05, 3.63) is 66.2 Å². The smallest absolute Gasteiger partial charge is 0.274 e.